The Morgan fingerprint density at radius 1 is 1.25 bits per heavy atom. The van der Waals surface area contributed by atoms with Crippen molar-refractivity contribution in [2.24, 2.45) is 0 Å². The van der Waals surface area contributed by atoms with Crippen LogP contribution in [0.4, 0.5) is 0 Å². The molecule has 0 nitrogen and oxygen atoms in total. The predicted octanol–water partition coefficient (Wildman–Crippen LogP) is 0.576. The standard InChI is InChI=1S/CH3.Co.Fe.W/h1H3;;;. The van der Waals surface area contributed by atoms with Crippen molar-refractivity contribution in [3.63, 3.8) is 0 Å². The van der Waals surface area contributed by atoms with E-state index in [1.54, 1.807) is 5.86 Å². The first-order valence-electron chi connectivity index (χ1n) is 0.333. The Labute approximate surface area is 59.4 Å². The molecule has 0 fully saturated rings. The van der Waals surface area contributed by atoms with Crippen molar-refractivity contribution < 1.29 is 53.9 Å². The molecule has 0 aliphatic heterocycles. The van der Waals surface area contributed by atoms with Gasteiger partial charge >= 0.3 is 21.6 Å². The van der Waals surface area contributed by atoms with E-state index < -0.39 is 0 Å². The number of rotatable bonds is 0. The third-order valence-corrected chi connectivity index (χ3v) is 0. The minimum atomic E-state index is 0. The average molecular weight is 314 g/mol. The van der Waals surface area contributed by atoms with Gasteiger partial charge in [0, 0.05) is 38.1 Å². The molecule has 0 saturated carbocycles. The monoisotopic (exact) mass is 314 g/mol. The van der Waals surface area contributed by atoms with Crippen molar-refractivity contribution in [2.45, 2.75) is 5.86 Å². The smallest absolute Gasteiger partial charge is 0 e. The third-order valence-electron chi connectivity index (χ3n) is 0. The summed E-state index contributed by atoms with van der Waals surface area (Å²) in [7, 11) is 0. The van der Waals surface area contributed by atoms with Crippen LogP contribution in [0.3, 0.4) is 0 Å². The SMILES string of the molecule is [CH3][Co].[Fe].[W]. The van der Waals surface area contributed by atoms with E-state index in [0.29, 0.717) is 0 Å². The van der Waals surface area contributed by atoms with E-state index in [1.807, 2.05) is 0 Å². The average Bonchev–Trinajstić information content (AvgIpc) is 1.00. The fourth-order valence-corrected chi connectivity index (χ4v) is 0. The molecule has 0 rings (SSSR count). The van der Waals surface area contributed by atoms with Crippen LogP contribution in [0.5, 0.6) is 0 Å². The first kappa shape index (κ1) is 17.2. The Balaban J connectivity index is -0.00000000500. The largest absolute Gasteiger partial charge is 0 e. The van der Waals surface area contributed by atoms with Crippen molar-refractivity contribution in [3.05, 3.63) is 0 Å². The summed E-state index contributed by atoms with van der Waals surface area (Å²) in [5.41, 5.74) is 0. The predicted molar refractivity (Wildman–Crippen MR) is 5.86 cm³/mol. The fraction of sp³-hybridized carbons (Fsp3) is 1.00. The van der Waals surface area contributed by atoms with Crippen LogP contribution in [0.1, 0.15) is 0 Å². The molecule has 0 aromatic carbocycles. The maximum absolute atomic E-state index is 3.56. The van der Waals surface area contributed by atoms with Gasteiger partial charge in [-0.3, -0.25) is 0 Å². The van der Waals surface area contributed by atoms with E-state index in [9.17, 15) is 0 Å². The van der Waals surface area contributed by atoms with Gasteiger partial charge in [0.05, 0.1) is 0 Å². The zero-order valence-electron chi connectivity index (χ0n) is 2.10. The summed E-state index contributed by atoms with van der Waals surface area (Å²) in [5, 5.41) is 0. The van der Waals surface area contributed by atoms with Gasteiger partial charge in [-0.05, 0) is 0 Å². The maximum atomic E-state index is 3.56. The van der Waals surface area contributed by atoms with E-state index in [1.165, 1.54) is 0 Å². The molecule has 4 heavy (non-hydrogen) atoms. The normalized spacial score (nSPS) is 1.75. The molecule has 0 atom stereocenters. The summed E-state index contributed by atoms with van der Waals surface area (Å²) in [5.74, 6) is 1.69. The molecule has 0 aromatic heterocycles. The van der Waals surface area contributed by atoms with Gasteiger partial charge < -0.3 is 0 Å². The molecule has 0 aliphatic rings. The summed E-state index contributed by atoms with van der Waals surface area (Å²) in [4.78, 5) is 0. The van der Waals surface area contributed by atoms with Crippen molar-refractivity contribution >= 4 is 0 Å². The van der Waals surface area contributed by atoms with Gasteiger partial charge in [-0.1, -0.05) is 0 Å². The van der Waals surface area contributed by atoms with Crippen LogP contribution in [0, 0.1) is 0 Å². The Hall–Kier alpha value is 1.71. The molecular formula is CH3CoFeW. The van der Waals surface area contributed by atoms with Gasteiger partial charge in [0.25, 0.3) is 0 Å². The molecule has 0 heterocycles. The van der Waals surface area contributed by atoms with E-state index in [4.69, 9.17) is 0 Å². The molecule has 0 spiro atoms. The van der Waals surface area contributed by atoms with E-state index in [-0.39, 0.29) is 38.1 Å². The molecule has 0 amide bonds. The van der Waals surface area contributed by atoms with Crippen LogP contribution in [-0.2, 0) is 53.9 Å². The van der Waals surface area contributed by atoms with Gasteiger partial charge in [-0.2, -0.15) is 0 Å². The fourth-order valence-electron chi connectivity index (χ4n) is 0. The second-order valence-electron chi connectivity index (χ2n) is 0. The van der Waals surface area contributed by atoms with E-state index >= 15 is 0 Å². The second-order valence-corrected chi connectivity index (χ2v) is 0. The first-order chi connectivity index (χ1) is 1.00. The van der Waals surface area contributed by atoms with Crippen molar-refractivity contribution in [2.75, 3.05) is 0 Å². The first-order valence-corrected chi connectivity index (χ1v) is 1.37. The Morgan fingerprint density at radius 2 is 1.25 bits per heavy atom. The van der Waals surface area contributed by atoms with E-state index in [0.717, 1.165) is 0 Å². The van der Waals surface area contributed by atoms with Gasteiger partial charge in [-0.15, -0.1) is 0 Å². The van der Waals surface area contributed by atoms with Crippen molar-refractivity contribution in [1.29, 1.82) is 0 Å². The Morgan fingerprint density at radius 3 is 1.25 bits per heavy atom. The second kappa shape index (κ2) is 22.1. The quantitative estimate of drug-likeness (QED) is 0.574. The number of hydrogen-bond acceptors (Lipinski definition) is 0. The molecule has 0 bridgehead atoms. The van der Waals surface area contributed by atoms with Crippen LogP contribution >= 0.6 is 0 Å². The van der Waals surface area contributed by atoms with Gasteiger partial charge in [0.1, 0.15) is 0 Å². The third kappa shape index (κ3) is 9.31. The van der Waals surface area contributed by atoms with E-state index in [2.05, 4.69) is 15.7 Å². The van der Waals surface area contributed by atoms with Crippen LogP contribution in [0.25, 0.3) is 0 Å². The molecule has 0 saturated heterocycles. The van der Waals surface area contributed by atoms with Crippen LogP contribution < -0.4 is 0 Å². The minimum absolute atomic E-state index is 0. The molecule has 0 unspecified atom stereocenters. The van der Waals surface area contributed by atoms with Crippen LogP contribution in [0.15, 0.2) is 0 Å². The minimum Gasteiger partial charge on any atom is 0 e. The van der Waals surface area contributed by atoms with Gasteiger partial charge in [0.2, 0.25) is 0 Å². The molecular weight excluding hydrogens is 311 g/mol. The molecule has 30 valence electrons. The summed E-state index contributed by atoms with van der Waals surface area (Å²) in [6.45, 7) is 0. The maximum Gasteiger partial charge on any atom is 0 e. The zero-order valence-corrected chi connectivity index (χ0v) is 7.17. The molecule has 0 aliphatic carbocycles. The van der Waals surface area contributed by atoms with Crippen molar-refractivity contribution in [1.82, 2.24) is 0 Å². The molecule has 0 radical (unpaired) electrons. The van der Waals surface area contributed by atoms with Gasteiger partial charge in [0.15, 0.2) is 0 Å². The summed E-state index contributed by atoms with van der Waals surface area (Å²) >= 11 is 3.56. The topological polar surface area (TPSA) is 0 Å². The van der Waals surface area contributed by atoms with Crippen LogP contribution in [-0.4, -0.2) is 0 Å². The molecule has 0 aromatic rings. The Bertz CT molecular complexity index is 8.00. The van der Waals surface area contributed by atoms with Crippen LogP contribution in [0.2, 0.25) is 5.86 Å². The zero-order chi connectivity index (χ0) is 2.00. The van der Waals surface area contributed by atoms with Gasteiger partial charge in [-0.25, -0.2) is 0 Å². The van der Waals surface area contributed by atoms with Crippen molar-refractivity contribution in [3.8, 4) is 0 Å². The summed E-state index contributed by atoms with van der Waals surface area (Å²) in [6.07, 6.45) is 0. The number of hydrogen-bond donors (Lipinski definition) is 0. The Kier molecular flexibility index (Phi) is 95.4. The summed E-state index contributed by atoms with van der Waals surface area (Å²) in [6, 6.07) is 0. The molecule has 0 N–H and O–H groups in total. The summed E-state index contributed by atoms with van der Waals surface area (Å²) < 4.78 is 0. The molecule has 3 heteroatoms.